The van der Waals surface area contributed by atoms with Gasteiger partial charge in [-0.05, 0) is 42.7 Å². The molecule has 1 amide bonds. The molecule has 29 heavy (non-hydrogen) atoms. The highest BCUT2D eigenvalue weighted by atomic mass is 35.5. The Morgan fingerprint density at radius 1 is 0.897 bits per heavy atom. The Kier molecular flexibility index (Phi) is 5.59. The lowest BCUT2D eigenvalue weighted by molar-refractivity contribution is -0.135. The van der Waals surface area contributed by atoms with Crippen LogP contribution in [0.2, 0.25) is 15.1 Å². The standard InChI is InChI=1S/C20H19Cl3N2O3S/c21-15-6-4-14(5-7-15)20(8-9-20)19(26)24-10-12-25(13-11-24)29(27,28)17-3-1-2-16(22)18(17)23/h1-7H,8-13H2. The Balaban J connectivity index is 1.47. The first-order valence-corrected chi connectivity index (χ1v) is 11.8. The highest BCUT2D eigenvalue weighted by Gasteiger charge is 2.53. The average molecular weight is 474 g/mol. The van der Waals surface area contributed by atoms with E-state index in [-0.39, 0.29) is 33.9 Å². The van der Waals surface area contributed by atoms with Crippen LogP contribution in [0.5, 0.6) is 0 Å². The summed E-state index contributed by atoms with van der Waals surface area (Å²) in [4.78, 5) is 14.9. The van der Waals surface area contributed by atoms with Crippen LogP contribution in [0.3, 0.4) is 0 Å². The van der Waals surface area contributed by atoms with Crippen molar-refractivity contribution in [3.63, 3.8) is 0 Å². The molecule has 2 aromatic rings. The third kappa shape index (κ3) is 3.77. The first-order valence-electron chi connectivity index (χ1n) is 9.25. The number of hydrogen-bond donors (Lipinski definition) is 0. The van der Waals surface area contributed by atoms with Crippen LogP contribution >= 0.6 is 34.8 Å². The van der Waals surface area contributed by atoms with Crippen LogP contribution in [0.25, 0.3) is 0 Å². The molecule has 0 atom stereocenters. The Bertz CT molecular complexity index is 1050. The Morgan fingerprint density at radius 2 is 1.52 bits per heavy atom. The van der Waals surface area contributed by atoms with E-state index >= 15 is 0 Å². The van der Waals surface area contributed by atoms with E-state index in [0.717, 1.165) is 18.4 Å². The number of sulfonamides is 1. The fraction of sp³-hybridized carbons (Fsp3) is 0.350. The molecule has 0 unspecified atom stereocenters. The zero-order valence-corrected chi connectivity index (χ0v) is 18.5. The number of carbonyl (C=O) groups is 1. The van der Waals surface area contributed by atoms with Crippen LogP contribution in [0, 0.1) is 0 Å². The summed E-state index contributed by atoms with van der Waals surface area (Å²) in [5.41, 5.74) is 0.467. The fourth-order valence-electron chi connectivity index (χ4n) is 3.78. The summed E-state index contributed by atoms with van der Waals surface area (Å²) in [7, 11) is -3.78. The maximum Gasteiger partial charge on any atom is 0.244 e. The Labute approximate surface area is 185 Å². The van der Waals surface area contributed by atoms with Gasteiger partial charge in [0.2, 0.25) is 15.9 Å². The van der Waals surface area contributed by atoms with Gasteiger partial charge in [0.05, 0.1) is 15.5 Å². The lowest BCUT2D eigenvalue weighted by atomic mass is 9.94. The van der Waals surface area contributed by atoms with E-state index in [1.807, 2.05) is 12.1 Å². The van der Waals surface area contributed by atoms with Crippen molar-refractivity contribution in [2.24, 2.45) is 0 Å². The van der Waals surface area contributed by atoms with Crippen LogP contribution < -0.4 is 0 Å². The number of rotatable bonds is 4. The van der Waals surface area contributed by atoms with Crippen LogP contribution in [0.4, 0.5) is 0 Å². The molecule has 2 aliphatic rings. The van der Waals surface area contributed by atoms with Gasteiger partial charge in [0.25, 0.3) is 0 Å². The van der Waals surface area contributed by atoms with Gasteiger partial charge in [-0.15, -0.1) is 0 Å². The minimum Gasteiger partial charge on any atom is -0.339 e. The molecule has 9 heteroatoms. The summed E-state index contributed by atoms with van der Waals surface area (Å²) in [5.74, 6) is 0.0534. The predicted octanol–water partition coefficient (Wildman–Crippen LogP) is 4.21. The second-order valence-corrected chi connectivity index (χ2v) is 10.5. The van der Waals surface area contributed by atoms with Gasteiger partial charge in [0.1, 0.15) is 4.90 Å². The molecule has 0 bridgehead atoms. The van der Waals surface area contributed by atoms with Gasteiger partial charge in [-0.3, -0.25) is 4.79 Å². The van der Waals surface area contributed by atoms with E-state index in [9.17, 15) is 13.2 Å². The second kappa shape index (κ2) is 7.75. The quantitative estimate of drug-likeness (QED) is 0.668. The van der Waals surface area contributed by atoms with E-state index in [4.69, 9.17) is 34.8 Å². The van der Waals surface area contributed by atoms with Crippen molar-refractivity contribution >= 4 is 50.7 Å². The van der Waals surface area contributed by atoms with Crippen molar-refractivity contribution in [1.82, 2.24) is 9.21 Å². The summed E-state index contributed by atoms with van der Waals surface area (Å²) >= 11 is 18.0. The molecule has 0 radical (unpaired) electrons. The van der Waals surface area contributed by atoms with Gasteiger partial charge >= 0.3 is 0 Å². The summed E-state index contributed by atoms with van der Waals surface area (Å²) in [6, 6.07) is 11.9. The van der Waals surface area contributed by atoms with E-state index in [1.165, 1.54) is 10.4 Å². The van der Waals surface area contributed by atoms with Crippen molar-refractivity contribution in [3.8, 4) is 0 Å². The first kappa shape index (κ1) is 20.9. The maximum absolute atomic E-state index is 13.2. The zero-order chi connectivity index (χ0) is 20.8. The van der Waals surface area contributed by atoms with Crippen molar-refractivity contribution in [1.29, 1.82) is 0 Å². The van der Waals surface area contributed by atoms with E-state index in [1.54, 1.807) is 29.2 Å². The zero-order valence-electron chi connectivity index (χ0n) is 15.4. The van der Waals surface area contributed by atoms with Crippen LogP contribution in [0.15, 0.2) is 47.4 Å². The number of amides is 1. The predicted molar refractivity (Wildman–Crippen MR) is 114 cm³/mol. The van der Waals surface area contributed by atoms with Crippen molar-refractivity contribution < 1.29 is 13.2 Å². The molecule has 5 nitrogen and oxygen atoms in total. The molecule has 0 aromatic heterocycles. The molecular formula is C20H19Cl3N2O3S. The fourth-order valence-corrected chi connectivity index (χ4v) is 6.06. The third-order valence-corrected chi connectivity index (χ3v) is 8.74. The summed E-state index contributed by atoms with van der Waals surface area (Å²) in [6.45, 7) is 1.11. The van der Waals surface area contributed by atoms with Crippen molar-refractivity contribution in [2.75, 3.05) is 26.2 Å². The Hall–Kier alpha value is -1.31. The summed E-state index contributed by atoms with van der Waals surface area (Å²) in [5, 5.41) is 0.850. The molecule has 1 saturated carbocycles. The maximum atomic E-state index is 13.2. The minimum absolute atomic E-state index is 0.00808. The first-order chi connectivity index (χ1) is 13.8. The van der Waals surface area contributed by atoms with E-state index < -0.39 is 15.4 Å². The topological polar surface area (TPSA) is 57.7 Å². The largest absolute Gasteiger partial charge is 0.339 e. The number of halogens is 3. The monoisotopic (exact) mass is 472 g/mol. The van der Waals surface area contributed by atoms with E-state index in [0.29, 0.717) is 18.1 Å². The summed E-state index contributed by atoms with van der Waals surface area (Å²) in [6.07, 6.45) is 1.59. The highest BCUT2D eigenvalue weighted by Crippen LogP contribution is 2.50. The van der Waals surface area contributed by atoms with Crippen LogP contribution in [-0.2, 0) is 20.2 Å². The molecule has 2 aromatic carbocycles. The van der Waals surface area contributed by atoms with Gasteiger partial charge in [-0.25, -0.2) is 8.42 Å². The van der Waals surface area contributed by atoms with Gasteiger partial charge in [-0.1, -0.05) is 53.0 Å². The third-order valence-electron chi connectivity index (χ3n) is 5.62. The molecule has 1 heterocycles. The molecule has 0 spiro atoms. The SMILES string of the molecule is O=C(N1CCN(S(=O)(=O)c2cccc(Cl)c2Cl)CC1)C1(c2ccc(Cl)cc2)CC1. The van der Waals surface area contributed by atoms with Crippen molar-refractivity contribution in [3.05, 3.63) is 63.1 Å². The summed E-state index contributed by atoms with van der Waals surface area (Å²) < 4.78 is 27.3. The number of piperazine rings is 1. The molecule has 154 valence electrons. The van der Waals surface area contributed by atoms with E-state index in [2.05, 4.69) is 0 Å². The molecule has 1 saturated heterocycles. The number of benzene rings is 2. The molecule has 1 aliphatic carbocycles. The van der Waals surface area contributed by atoms with Gasteiger partial charge in [0, 0.05) is 31.2 Å². The Morgan fingerprint density at radius 3 is 2.10 bits per heavy atom. The average Bonchev–Trinajstić information content (AvgIpc) is 3.52. The molecule has 0 N–H and O–H groups in total. The second-order valence-electron chi connectivity index (χ2n) is 7.34. The molecule has 4 rings (SSSR count). The van der Waals surface area contributed by atoms with Gasteiger partial charge in [-0.2, -0.15) is 4.31 Å². The van der Waals surface area contributed by atoms with Gasteiger partial charge < -0.3 is 4.90 Å². The minimum atomic E-state index is -3.78. The molecule has 2 fully saturated rings. The molecule has 1 aliphatic heterocycles. The van der Waals surface area contributed by atoms with Crippen LogP contribution in [0.1, 0.15) is 18.4 Å². The number of nitrogens with zero attached hydrogens (tertiary/aromatic N) is 2. The normalized spacial score (nSPS) is 19.2. The highest BCUT2D eigenvalue weighted by molar-refractivity contribution is 7.89. The lowest BCUT2D eigenvalue weighted by Gasteiger charge is -2.36. The van der Waals surface area contributed by atoms with Crippen LogP contribution in [-0.4, -0.2) is 49.7 Å². The molecular weight excluding hydrogens is 455 g/mol. The smallest absolute Gasteiger partial charge is 0.244 e. The lowest BCUT2D eigenvalue weighted by Crippen LogP contribution is -2.52. The van der Waals surface area contributed by atoms with Gasteiger partial charge in [0.15, 0.2) is 0 Å². The number of hydrogen-bond acceptors (Lipinski definition) is 3. The van der Waals surface area contributed by atoms with Crippen molar-refractivity contribution in [2.45, 2.75) is 23.2 Å². The number of carbonyl (C=O) groups excluding carboxylic acids is 1.